The average molecular weight is 489 g/mol. The van der Waals surface area contributed by atoms with Crippen molar-refractivity contribution in [2.45, 2.75) is 39.3 Å². The number of hydrogen-bond donors (Lipinski definition) is 2. The van der Waals surface area contributed by atoms with Crippen molar-refractivity contribution in [3.63, 3.8) is 0 Å². The summed E-state index contributed by atoms with van der Waals surface area (Å²) in [6.45, 7) is 9.14. The number of fused-ring (bicyclic) bond motifs is 1. The number of hydrogen-bond acceptors (Lipinski definition) is 5. The van der Waals surface area contributed by atoms with Crippen LogP contribution < -0.4 is 0 Å². The first kappa shape index (κ1) is 23.7. The Balaban J connectivity index is 1.39. The number of amides is 2. The molecule has 2 amide bonds. The second-order valence-electron chi connectivity index (χ2n) is 10.3. The zero-order valence-corrected chi connectivity index (χ0v) is 21.0. The van der Waals surface area contributed by atoms with Gasteiger partial charge in [-0.3, -0.25) is 23.6 Å². The summed E-state index contributed by atoms with van der Waals surface area (Å²) in [4.78, 5) is 32.7. The molecular formula is C25H36N4O4S. The maximum Gasteiger partial charge on any atom is 0.270 e. The van der Waals surface area contributed by atoms with Crippen molar-refractivity contribution in [3.05, 3.63) is 35.5 Å². The summed E-state index contributed by atoms with van der Waals surface area (Å²) in [5, 5.41) is 0.914. The summed E-state index contributed by atoms with van der Waals surface area (Å²) in [5.41, 5.74) is 2.29. The van der Waals surface area contributed by atoms with E-state index >= 15 is 0 Å². The first-order chi connectivity index (χ1) is 16.2. The molecule has 1 aromatic carbocycles. The SMILES string of the molecule is CC(C)N1CCN(C(=O)c2ccc3c(c2)cc(C(=O)N2CCS(O)(O)CC2)n3CC2CC2)CC1. The fourth-order valence-corrected chi connectivity index (χ4v) is 6.28. The molecular weight excluding hydrogens is 452 g/mol. The molecule has 1 aromatic heterocycles. The first-order valence-corrected chi connectivity index (χ1v) is 14.3. The summed E-state index contributed by atoms with van der Waals surface area (Å²) in [6, 6.07) is 8.22. The molecule has 2 aromatic rings. The summed E-state index contributed by atoms with van der Waals surface area (Å²) < 4.78 is 22.0. The topological polar surface area (TPSA) is 89.2 Å². The van der Waals surface area contributed by atoms with Gasteiger partial charge >= 0.3 is 0 Å². The molecule has 0 atom stereocenters. The Labute approximate surface area is 202 Å². The van der Waals surface area contributed by atoms with Crippen molar-refractivity contribution in [2.75, 3.05) is 50.8 Å². The Bertz CT molecular complexity index is 1080. The normalized spacial score (nSPS) is 22.4. The first-order valence-electron chi connectivity index (χ1n) is 12.4. The van der Waals surface area contributed by atoms with Crippen LogP contribution in [-0.2, 0) is 6.54 Å². The van der Waals surface area contributed by atoms with Gasteiger partial charge in [0.15, 0.2) is 0 Å². The monoisotopic (exact) mass is 488 g/mol. The van der Waals surface area contributed by atoms with E-state index in [1.165, 1.54) is 12.8 Å². The van der Waals surface area contributed by atoms with Gasteiger partial charge in [0.05, 0.1) is 11.5 Å². The van der Waals surface area contributed by atoms with Gasteiger partial charge in [0, 0.05) is 68.3 Å². The van der Waals surface area contributed by atoms with Crippen LogP contribution in [0.4, 0.5) is 0 Å². The predicted molar refractivity (Wildman–Crippen MR) is 136 cm³/mol. The Morgan fingerprint density at radius 3 is 2.21 bits per heavy atom. The van der Waals surface area contributed by atoms with E-state index in [2.05, 4.69) is 23.3 Å². The average Bonchev–Trinajstić information content (AvgIpc) is 3.57. The van der Waals surface area contributed by atoms with E-state index < -0.39 is 10.6 Å². The third kappa shape index (κ3) is 4.84. The molecule has 0 radical (unpaired) electrons. The molecule has 0 unspecified atom stereocenters. The van der Waals surface area contributed by atoms with Crippen molar-refractivity contribution in [2.24, 2.45) is 5.92 Å². The lowest BCUT2D eigenvalue weighted by Crippen LogP contribution is -2.50. The molecule has 1 aliphatic carbocycles. The maximum atomic E-state index is 13.4. The van der Waals surface area contributed by atoms with Crippen molar-refractivity contribution in [1.82, 2.24) is 19.3 Å². The van der Waals surface area contributed by atoms with Crippen LogP contribution >= 0.6 is 10.6 Å². The molecule has 0 bridgehead atoms. The lowest BCUT2D eigenvalue weighted by molar-refractivity contribution is 0.0595. The molecule has 5 rings (SSSR count). The second kappa shape index (κ2) is 9.18. The fourth-order valence-electron chi connectivity index (χ4n) is 5.05. The highest BCUT2D eigenvalue weighted by molar-refractivity contribution is 8.24. The number of nitrogens with zero attached hydrogens (tertiary/aromatic N) is 4. The van der Waals surface area contributed by atoms with Gasteiger partial charge in [0.1, 0.15) is 5.69 Å². The van der Waals surface area contributed by atoms with Crippen molar-refractivity contribution >= 4 is 33.3 Å². The van der Waals surface area contributed by atoms with E-state index in [1.807, 2.05) is 29.2 Å². The van der Waals surface area contributed by atoms with Crippen molar-refractivity contribution in [3.8, 4) is 0 Å². The van der Waals surface area contributed by atoms with Crippen LogP contribution in [0, 0.1) is 5.92 Å². The number of carbonyl (C=O) groups is 2. The highest BCUT2D eigenvalue weighted by Crippen LogP contribution is 2.41. The molecule has 3 heterocycles. The minimum atomic E-state index is -2.56. The number of rotatable bonds is 5. The van der Waals surface area contributed by atoms with Gasteiger partial charge in [-0.25, -0.2) is 0 Å². The highest BCUT2D eigenvalue weighted by Gasteiger charge is 2.31. The molecule has 2 saturated heterocycles. The van der Waals surface area contributed by atoms with Gasteiger partial charge in [0.2, 0.25) is 0 Å². The molecule has 0 spiro atoms. The summed E-state index contributed by atoms with van der Waals surface area (Å²) in [7, 11) is -2.56. The Morgan fingerprint density at radius 2 is 1.59 bits per heavy atom. The standard InChI is InChI=1S/C25H36N4O4S/c1-18(2)26-7-9-27(10-8-26)24(30)20-5-6-22-21(15-20)16-23(29(22)17-19-3-4-19)25(31)28-11-13-34(32,33)14-12-28/h5-6,15-16,18-19,32-33H,3-4,7-14,17H2,1-2H3. The summed E-state index contributed by atoms with van der Waals surface area (Å²) in [5.74, 6) is 1.06. The minimum absolute atomic E-state index is 0.0503. The van der Waals surface area contributed by atoms with E-state index in [-0.39, 0.29) is 23.3 Å². The molecule has 3 aliphatic rings. The van der Waals surface area contributed by atoms with Gasteiger partial charge in [0.25, 0.3) is 11.8 Å². The summed E-state index contributed by atoms with van der Waals surface area (Å²) >= 11 is 0. The van der Waals surface area contributed by atoms with Crippen molar-refractivity contribution < 1.29 is 18.7 Å². The van der Waals surface area contributed by atoms with E-state index in [4.69, 9.17) is 0 Å². The van der Waals surface area contributed by atoms with E-state index in [0.29, 0.717) is 36.3 Å². The Hall–Kier alpha value is -2.07. The quantitative estimate of drug-likeness (QED) is 0.673. The molecule has 9 heteroatoms. The van der Waals surface area contributed by atoms with Crippen LogP contribution in [-0.4, -0.2) is 97.0 Å². The Morgan fingerprint density at radius 1 is 0.941 bits per heavy atom. The molecule has 34 heavy (non-hydrogen) atoms. The fraction of sp³-hybridized carbons (Fsp3) is 0.600. The smallest absolute Gasteiger partial charge is 0.270 e. The van der Waals surface area contributed by atoms with Gasteiger partial charge in [-0.05, 0) is 56.9 Å². The second-order valence-corrected chi connectivity index (χ2v) is 12.7. The van der Waals surface area contributed by atoms with Gasteiger partial charge < -0.3 is 14.4 Å². The molecule has 3 fully saturated rings. The van der Waals surface area contributed by atoms with Crippen LogP contribution in [0.2, 0.25) is 0 Å². The van der Waals surface area contributed by atoms with Crippen LogP contribution in [0.5, 0.6) is 0 Å². The number of aromatic nitrogens is 1. The predicted octanol–water partition coefficient (Wildman–Crippen LogP) is 3.42. The molecule has 1 saturated carbocycles. The molecule has 8 nitrogen and oxygen atoms in total. The zero-order valence-electron chi connectivity index (χ0n) is 20.2. The van der Waals surface area contributed by atoms with Crippen molar-refractivity contribution in [1.29, 1.82) is 0 Å². The molecule has 2 aliphatic heterocycles. The molecule has 2 N–H and O–H groups in total. The van der Waals surface area contributed by atoms with Gasteiger partial charge in [-0.15, -0.1) is 0 Å². The van der Waals surface area contributed by atoms with Gasteiger partial charge in [-0.2, -0.15) is 10.6 Å². The third-order valence-corrected chi connectivity index (χ3v) is 9.17. The van der Waals surface area contributed by atoms with Gasteiger partial charge in [-0.1, -0.05) is 0 Å². The number of carbonyl (C=O) groups excluding carboxylic acids is 2. The lowest BCUT2D eigenvalue weighted by atomic mass is 10.1. The van der Waals surface area contributed by atoms with Crippen LogP contribution in [0.3, 0.4) is 0 Å². The number of piperazine rings is 1. The van der Waals surface area contributed by atoms with Crippen LogP contribution in [0.15, 0.2) is 24.3 Å². The minimum Gasteiger partial charge on any atom is -0.336 e. The third-order valence-electron chi connectivity index (χ3n) is 7.50. The highest BCUT2D eigenvalue weighted by atomic mass is 32.3. The summed E-state index contributed by atoms with van der Waals surface area (Å²) in [6.07, 6.45) is 2.35. The lowest BCUT2D eigenvalue weighted by Gasteiger charge is -2.40. The van der Waals surface area contributed by atoms with Crippen LogP contribution in [0.1, 0.15) is 47.5 Å². The number of benzene rings is 1. The Kier molecular flexibility index (Phi) is 6.39. The van der Waals surface area contributed by atoms with Crippen LogP contribution in [0.25, 0.3) is 10.9 Å². The van der Waals surface area contributed by atoms with E-state index in [9.17, 15) is 18.7 Å². The van der Waals surface area contributed by atoms with E-state index in [0.717, 1.165) is 43.6 Å². The zero-order chi connectivity index (χ0) is 24.0. The molecule has 186 valence electrons. The maximum absolute atomic E-state index is 13.4. The van der Waals surface area contributed by atoms with E-state index in [1.54, 1.807) is 4.90 Å². The largest absolute Gasteiger partial charge is 0.336 e.